The van der Waals surface area contributed by atoms with Crippen LogP contribution in [-0.2, 0) is 9.53 Å². The van der Waals surface area contributed by atoms with E-state index < -0.39 is 0 Å². The molecule has 0 fully saturated rings. The lowest BCUT2D eigenvalue weighted by Gasteiger charge is -2.23. The molecule has 13 heavy (non-hydrogen) atoms. The second-order valence-corrected chi connectivity index (χ2v) is 3.63. The first-order valence-electron chi connectivity index (χ1n) is 4.44. The fourth-order valence-electron chi connectivity index (χ4n) is 1.04. The van der Waals surface area contributed by atoms with Crippen LogP contribution in [0.3, 0.4) is 0 Å². The van der Waals surface area contributed by atoms with Gasteiger partial charge in [-0.15, -0.1) is 11.6 Å². The molecule has 0 aliphatic rings. The van der Waals surface area contributed by atoms with Crippen LogP contribution in [0.5, 0.6) is 0 Å². The molecule has 1 amide bonds. The Morgan fingerprint density at radius 2 is 2.15 bits per heavy atom. The third-order valence-electron chi connectivity index (χ3n) is 1.62. The number of methoxy groups -OCH3 is 1. The number of carbonyl (C=O) groups is 1. The standard InChI is InChI=1S/C9H18ClNO2/c1-8(2)7-11(4-5-13-3)9(12)6-10/h8H,4-7H2,1-3H3. The Kier molecular flexibility index (Phi) is 7.00. The zero-order chi connectivity index (χ0) is 10.3. The van der Waals surface area contributed by atoms with E-state index in [1.165, 1.54) is 0 Å². The second kappa shape index (κ2) is 7.15. The number of carbonyl (C=O) groups excluding carboxylic acids is 1. The van der Waals surface area contributed by atoms with E-state index >= 15 is 0 Å². The minimum atomic E-state index is -0.0209. The van der Waals surface area contributed by atoms with E-state index in [1.54, 1.807) is 12.0 Å². The van der Waals surface area contributed by atoms with E-state index in [2.05, 4.69) is 13.8 Å². The van der Waals surface area contributed by atoms with Crippen LogP contribution >= 0.6 is 11.6 Å². The van der Waals surface area contributed by atoms with Crippen LogP contribution in [0.15, 0.2) is 0 Å². The summed E-state index contributed by atoms with van der Waals surface area (Å²) in [4.78, 5) is 13.0. The van der Waals surface area contributed by atoms with Gasteiger partial charge in [-0.25, -0.2) is 0 Å². The predicted octanol–water partition coefficient (Wildman–Crippen LogP) is 1.36. The fraction of sp³-hybridized carbons (Fsp3) is 0.889. The summed E-state index contributed by atoms with van der Waals surface area (Å²) < 4.78 is 4.91. The maximum absolute atomic E-state index is 11.3. The van der Waals surface area contributed by atoms with Crippen LogP contribution in [0.25, 0.3) is 0 Å². The van der Waals surface area contributed by atoms with Gasteiger partial charge in [0.15, 0.2) is 0 Å². The van der Waals surface area contributed by atoms with Crippen molar-refractivity contribution in [2.24, 2.45) is 5.92 Å². The van der Waals surface area contributed by atoms with Gasteiger partial charge in [-0.1, -0.05) is 13.8 Å². The first-order chi connectivity index (χ1) is 6.11. The monoisotopic (exact) mass is 207 g/mol. The summed E-state index contributed by atoms with van der Waals surface area (Å²) in [7, 11) is 1.62. The van der Waals surface area contributed by atoms with Crippen molar-refractivity contribution >= 4 is 17.5 Å². The summed E-state index contributed by atoms with van der Waals surface area (Å²) in [5.41, 5.74) is 0. The lowest BCUT2D eigenvalue weighted by Crippen LogP contribution is -2.37. The molecular weight excluding hydrogens is 190 g/mol. The van der Waals surface area contributed by atoms with Crippen molar-refractivity contribution < 1.29 is 9.53 Å². The number of alkyl halides is 1. The SMILES string of the molecule is COCCN(CC(C)C)C(=O)CCl. The van der Waals surface area contributed by atoms with Gasteiger partial charge in [0.05, 0.1) is 6.61 Å². The summed E-state index contributed by atoms with van der Waals surface area (Å²) in [5.74, 6) is 0.493. The average Bonchev–Trinajstić information content (AvgIpc) is 2.10. The largest absolute Gasteiger partial charge is 0.383 e. The molecule has 0 unspecified atom stereocenters. The summed E-state index contributed by atoms with van der Waals surface area (Å²) in [6, 6.07) is 0. The predicted molar refractivity (Wildman–Crippen MR) is 54.0 cm³/mol. The van der Waals surface area contributed by atoms with Gasteiger partial charge in [0.1, 0.15) is 5.88 Å². The highest BCUT2D eigenvalue weighted by atomic mass is 35.5. The normalized spacial score (nSPS) is 10.5. The lowest BCUT2D eigenvalue weighted by atomic mass is 10.2. The summed E-state index contributed by atoms with van der Waals surface area (Å²) in [6.07, 6.45) is 0. The first kappa shape index (κ1) is 12.7. The Bertz CT molecular complexity index is 151. The van der Waals surface area contributed by atoms with E-state index in [4.69, 9.17) is 16.3 Å². The summed E-state index contributed by atoms with van der Waals surface area (Å²) in [6.45, 7) is 6.08. The topological polar surface area (TPSA) is 29.5 Å². The molecule has 0 aliphatic heterocycles. The van der Waals surface area contributed by atoms with E-state index in [9.17, 15) is 4.79 Å². The molecule has 0 aromatic rings. The molecule has 0 spiro atoms. The molecule has 0 saturated heterocycles. The van der Waals surface area contributed by atoms with Crippen molar-refractivity contribution in [1.29, 1.82) is 0 Å². The number of hydrogen-bond acceptors (Lipinski definition) is 2. The Labute approximate surface area is 85.0 Å². The molecule has 0 heterocycles. The zero-order valence-corrected chi connectivity index (χ0v) is 9.30. The van der Waals surface area contributed by atoms with Gasteiger partial charge in [-0.05, 0) is 5.92 Å². The Balaban J connectivity index is 3.94. The average molecular weight is 208 g/mol. The number of hydrogen-bond donors (Lipinski definition) is 0. The third kappa shape index (κ3) is 5.88. The van der Waals surface area contributed by atoms with Crippen LogP contribution in [0.2, 0.25) is 0 Å². The smallest absolute Gasteiger partial charge is 0.237 e. The van der Waals surface area contributed by atoms with Gasteiger partial charge >= 0.3 is 0 Å². The molecule has 0 N–H and O–H groups in total. The molecule has 0 aromatic carbocycles. The molecule has 0 rings (SSSR count). The van der Waals surface area contributed by atoms with Crippen molar-refractivity contribution in [3.63, 3.8) is 0 Å². The Morgan fingerprint density at radius 3 is 2.54 bits per heavy atom. The van der Waals surface area contributed by atoms with Gasteiger partial charge < -0.3 is 9.64 Å². The van der Waals surface area contributed by atoms with Crippen LogP contribution < -0.4 is 0 Å². The Morgan fingerprint density at radius 1 is 1.54 bits per heavy atom. The first-order valence-corrected chi connectivity index (χ1v) is 4.98. The van der Waals surface area contributed by atoms with Crippen molar-refractivity contribution in [2.75, 3.05) is 32.7 Å². The second-order valence-electron chi connectivity index (χ2n) is 3.36. The molecule has 4 heteroatoms. The number of nitrogens with zero attached hydrogens (tertiary/aromatic N) is 1. The summed E-state index contributed by atoms with van der Waals surface area (Å²) in [5, 5.41) is 0. The highest BCUT2D eigenvalue weighted by Gasteiger charge is 2.12. The highest BCUT2D eigenvalue weighted by Crippen LogP contribution is 2.00. The van der Waals surface area contributed by atoms with Crippen molar-refractivity contribution in [3.8, 4) is 0 Å². The molecule has 0 atom stereocenters. The molecular formula is C9H18ClNO2. The molecule has 0 radical (unpaired) electrons. The fourth-order valence-corrected chi connectivity index (χ4v) is 1.21. The minimum absolute atomic E-state index is 0.0209. The number of halogens is 1. The number of amides is 1. The maximum Gasteiger partial charge on any atom is 0.237 e. The zero-order valence-electron chi connectivity index (χ0n) is 8.55. The van der Waals surface area contributed by atoms with Crippen molar-refractivity contribution in [1.82, 2.24) is 4.90 Å². The molecule has 3 nitrogen and oxygen atoms in total. The summed E-state index contributed by atoms with van der Waals surface area (Å²) >= 11 is 5.48. The van der Waals surface area contributed by atoms with Crippen LogP contribution in [0, 0.1) is 5.92 Å². The van der Waals surface area contributed by atoms with E-state index in [-0.39, 0.29) is 11.8 Å². The van der Waals surface area contributed by atoms with E-state index in [0.717, 1.165) is 6.54 Å². The third-order valence-corrected chi connectivity index (χ3v) is 1.85. The quantitative estimate of drug-likeness (QED) is 0.616. The number of rotatable bonds is 6. The molecule has 78 valence electrons. The highest BCUT2D eigenvalue weighted by molar-refractivity contribution is 6.27. The van der Waals surface area contributed by atoms with Gasteiger partial charge in [0, 0.05) is 20.2 Å². The van der Waals surface area contributed by atoms with Crippen LogP contribution in [0.4, 0.5) is 0 Å². The minimum Gasteiger partial charge on any atom is -0.383 e. The lowest BCUT2D eigenvalue weighted by molar-refractivity contribution is -0.129. The van der Waals surface area contributed by atoms with E-state index in [1.807, 2.05) is 0 Å². The van der Waals surface area contributed by atoms with Gasteiger partial charge in [0.2, 0.25) is 5.91 Å². The van der Waals surface area contributed by atoms with Crippen molar-refractivity contribution in [3.05, 3.63) is 0 Å². The van der Waals surface area contributed by atoms with Gasteiger partial charge in [0.25, 0.3) is 0 Å². The molecule has 0 saturated carbocycles. The number of ether oxygens (including phenoxy) is 1. The molecule has 0 bridgehead atoms. The van der Waals surface area contributed by atoms with Gasteiger partial charge in [-0.3, -0.25) is 4.79 Å². The maximum atomic E-state index is 11.3. The van der Waals surface area contributed by atoms with Gasteiger partial charge in [-0.2, -0.15) is 0 Å². The Hall–Kier alpha value is -0.280. The molecule has 0 aromatic heterocycles. The van der Waals surface area contributed by atoms with E-state index in [0.29, 0.717) is 19.1 Å². The van der Waals surface area contributed by atoms with Crippen molar-refractivity contribution in [2.45, 2.75) is 13.8 Å². The van der Waals surface area contributed by atoms with Crippen LogP contribution in [0.1, 0.15) is 13.8 Å². The van der Waals surface area contributed by atoms with Crippen LogP contribution in [-0.4, -0.2) is 43.5 Å². The molecule has 0 aliphatic carbocycles.